The highest BCUT2D eigenvalue weighted by Crippen LogP contribution is 2.24. The molecule has 70 valence electrons. The predicted octanol–water partition coefficient (Wildman–Crippen LogP) is 2.00. The van der Waals surface area contributed by atoms with Crippen LogP contribution in [0.15, 0.2) is 36.5 Å². The van der Waals surface area contributed by atoms with Crippen molar-refractivity contribution in [3.63, 3.8) is 0 Å². The molecule has 0 atom stereocenters. The monoisotopic (exact) mass is 186 g/mol. The number of carbonyl (C=O) groups is 1. The first kappa shape index (κ1) is 9.64. The molecule has 0 aliphatic heterocycles. The average Bonchev–Trinajstić information content (AvgIpc) is 2.02. The Morgan fingerprint density at radius 2 is 1.92 bits per heavy atom. The van der Waals surface area contributed by atoms with Crippen LogP contribution in [0.4, 0.5) is 8.78 Å². The molecule has 0 amide bonds. The van der Waals surface area contributed by atoms with E-state index in [9.17, 15) is 13.6 Å². The second kappa shape index (κ2) is 3.51. The highest BCUT2D eigenvalue weighted by Gasteiger charge is 2.23. The standard InChI is InChI=1S/C9H8F2O2/c10-9(11)5-3-7(4-6-9)1-2-8(12)13/h1-7H,(H,12,13)/b2-1+. The van der Waals surface area contributed by atoms with Crippen molar-refractivity contribution in [2.45, 2.75) is 5.92 Å². The van der Waals surface area contributed by atoms with E-state index in [0.717, 1.165) is 18.2 Å². The van der Waals surface area contributed by atoms with Crippen molar-refractivity contribution in [2.24, 2.45) is 5.92 Å². The van der Waals surface area contributed by atoms with Gasteiger partial charge in [0.1, 0.15) is 0 Å². The lowest BCUT2D eigenvalue weighted by Gasteiger charge is -2.12. The van der Waals surface area contributed by atoms with E-state index in [1.807, 2.05) is 0 Å². The quantitative estimate of drug-likeness (QED) is 0.529. The first-order valence-corrected chi connectivity index (χ1v) is 3.67. The number of alkyl halides is 2. The van der Waals surface area contributed by atoms with Gasteiger partial charge in [0.25, 0.3) is 5.92 Å². The lowest BCUT2D eigenvalue weighted by Crippen LogP contribution is -2.12. The van der Waals surface area contributed by atoms with Crippen LogP contribution in [0.5, 0.6) is 0 Å². The molecule has 0 radical (unpaired) electrons. The van der Waals surface area contributed by atoms with Crippen LogP contribution in [-0.2, 0) is 4.79 Å². The smallest absolute Gasteiger partial charge is 0.328 e. The molecule has 0 aromatic heterocycles. The highest BCUT2D eigenvalue weighted by atomic mass is 19.3. The number of carboxylic acids is 1. The lowest BCUT2D eigenvalue weighted by molar-refractivity contribution is -0.131. The van der Waals surface area contributed by atoms with Gasteiger partial charge < -0.3 is 5.11 Å². The SMILES string of the molecule is O=C(O)/C=C/C1C=CC(F)(F)C=C1. The minimum atomic E-state index is -2.90. The second-order valence-corrected chi connectivity index (χ2v) is 2.67. The maximum atomic E-state index is 12.5. The molecule has 0 bridgehead atoms. The van der Waals surface area contributed by atoms with Gasteiger partial charge in [-0.05, 0) is 12.2 Å². The Kier molecular flexibility index (Phi) is 2.60. The Hall–Kier alpha value is -1.45. The number of hydrogen-bond donors (Lipinski definition) is 1. The molecule has 1 N–H and O–H groups in total. The molecule has 0 aromatic rings. The van der Waals surface area contributed by atoms with Gasteiger partial charge in [-0.2, -0.15) is 8.78 Å². The van der Waals surface area contributed by atoms with Crippen LogP contribution in [0.25, 0.3) is 0 Å². The van der Waals surface area contributed by atoms with Crippen LogP contribution in [0.2, 0.25) is 0 Å². The molecular weight excluding hydrogens is 178 g/mol. The Labute approximate surface area is 73.9 Å². The van der Waals surface area contributed by atoms with Crippen molar-refractivity contribution in [2.75, 3.05) is 0 Å². The molecule has 0 heterocycles. The molecule has 1 rings (SSSR count). The van der Waals surface area contributed by atoms with Gasteiger partial charge in [-0.3, -0.25) is 0 Å². The fourth-order valence-electron chi connectivity index (χ4n) is 0.920. The van der Waals surface area contributed by atoms with Gasteiger partial charge in [0.15, 0.2) is 0 Å². The molecule has 4 heteroatoms. The summed E-state index contributed by atoms with van der Waals surface area (Å²) >= 11 is 0. The normalized spacial score (nSPS) is 21.1. The van der Waals surface area contributed by atoms with Gasteiger partial charge in [0.05, 0.1) is 0 Å². The van der Waals surface area contributed by atoms with Gasteiger partial charge in [-0.25, -0.2) is 4.79 Å². The van der Waals surface area contributed by atoms with Crippen molar-refractivity contribution >= 4 is 5.97 Å². The number of allylic oxidation sites excluding steroid dienone is 5. The number of halogens is 2. The zero-order valence-electron chi connectivity index (χ0n) is 6.65. The summed E-state index contributed by atoms with van der Waals surface area (Å²) in [6.07, 6.45) is 6.31. The van der Waals surface area contributed by atoms with Gasteiger partial charge in [0, 0.05) is 12.0 Å². The van der Waals surface area contributed by atoms with E-state index >= 15 is 0 Å². The van der Waals surface area contributed by atoms with E-state index in [2.05, 4.69) is 0 Å². The summed E-state index contributed by atoms with van der Waals surface area (Å²) in [4.78, 5) is 10.1. The Bertz CT molecular complexity index is 274. The molecule has 2 nitrogen and oxygen atoms in total. The van der Waals surface area contributed by atoms with Gasteiger partial charge in [0.2, 0.25) is 0 Å². The fourth-order valence-corrected chi connectivity index (χ4v) is 0.920. The molecule has 1 aliphatic carbocycles. The minimum Gasteiger partial charge on any atom is -0.478 e. The fraction of sp³-hybridized carbons (Fsp3) is 0.222. The van der Waals surface area contributed by atoms with Crippen LogP contribution in [0.1, 0.15) is 0 Å². The van der Waals surface area contributed by atoms with Crippen LogP contribution < -0.4 is 0 Å². The molecule has 0 aromatic carbocycles. The number of carboxylic acid groups (broad SMARTS) is 1. The average molecular weight is 186 g/mol. The van der Waals surface area contributed by atoms with Gasteiger partial charge in [-0.1, -0.05) is 18.2 Å². The summed E-state index contributed by atoms with van der Waals surface area (Å²) in [5, 5.41) is 8.26. The summed E-state index contributed by atoms with van der Waals surface area (Å²) in [7, 11) is 0. The minimum absolute atomic E-state index is 0.351. The van der Waals surface area contributed by atoms with E-state index in [-0.39, 0.29) is 5.92 Å². The Balaban J connectivity index is 2.60. The molecule has 0 saturated carbocycles. The summed E-state index contributed by atoms with van der Waals surface area (Å²) in [5.41, 5.74) is 0. The molecule has 0 saturated heterocycles. The topological polar surface area (TPSA) is 37.3 Å². The Morgan fingerprint density at radius 3 is 2.38 bits per heavy atom. The molecule has 13 heavy (non-hydrogen) atoms. The van der Waals surface area contributed by atoms with Crippen molar-refractivity contribution in [1.29, 1.82) is 0 Å². The van der Waals surface area contributed by atoms with E-state index in [0.29, 0.717) is 0 Å². The van der Waals surface area contributed by atoms with Gasteiger partial charge >= 0.3 is 5.97 Å². The predicted molar refractivity (Wildman–Crippen MR) is 43.5 cm³/mol. The summed E-state index contributed by atoms with van der Waals surface area (Å²) in [5.74, 6) is -4.33. The number of aliphatic carboxylic acids is 1. The number of rotatable bonds is 2. The summed E-state index contributed by atoms with van der Waals surface area (Å²) in [6, 6.07) is 0. The third-order valence-electron chi connectivity index (χ3n) is 1.54. The molecule has 0 unspecified atom stereocenters. The first-order chi connectivity index (χ1) is 5.99. The zero-order chi connectivity index (χ0) is 9.90. The number of hydrogen-bond acceptors (Lipinski definition) is 1. The summed E-state index contributed by atoms with van der Waals surface area (Å²) < 4.78 is 24.9. The maximum absolute atomic E-state index is 12.5. The van der Waals surface area contributed by atoms with Crippen LogP contribution >= 0.6 is 0 Å². The molecule has 1 aliphatic rings. The van der Waals surface area contributed by atoms with E-state index in [4.69, 9.17) is 5.11 Å². The third-order valence-corrected chi connectivity index (χ3v) is 1.54. The Morgan fingerprint density at radius 1 is 1.38 bits per heavy atom. The first-order valence-electron chi connectivity index (χ1n) is 3.67. The van der Waals surface area contributed by atoms with Crippen LogP contribution in [-0.4, -0.2) is 17.0 Å². The maximum Gasteiger partial charge on any atom is 0.328 e. The van der Waals surface area contributed by atoms with E-state index in [1.165, 1.54) is 18.2 Å². The van der Waals surface area contributed by atoms with E-state index < -0.39 is 11.9 Å². The van der Waals surface area contributed by atoms with Crippen molar-refractivity contribution in [1.82, 2.24) is 0 Å². The third kappa shape index (κ3) is 3.19. The lowest BCUT2D eigenvalue weighted by atomic mass is 10.0. The molecular formula is C9H8F2O2. The van der Waals surface area contributed by atoms with Crippen LogP contribution in [0.3, 0.4) is 0 Å². The van der Waals surface area contributed by atoms with Gasteiger partial charge in [-0.15, -0.1) is 0 Å². The zero-order valence-corrected chi connectivity index (χ0v) is 6.65. The van der Waals surface area contributed by atoms with Crippen LogP contribution in [0, 0.1) is 5.92 Å². The van der Waals surface area contributed by atoms with Crippen molar-refractivity contribution in [3.05, 3.63) is 36.5 Å². The summed E-state index contributed by atoms with van der Waals surface area (Å²) in [6.45, 7) is 0. The molecule has 0 spiro atoms. The van der Waals surface area contributed by atoms with E-state index in [1.54, 1.807) is 0 Å². The largest absolute Gasteiger partial charge is 0.478 e. The highest BCUT2D eigenvalue weighted by molar-refractivity contribution is 5.79. The van der Waals surface area contributed by atoms with Crippen molar-refractivity contribution < 1.29 is 18.7 Å². The molecule has 0 fully saturated rings. The second-order valence-electron chi connectivity index (χ2n) is 2.67. The van der Waals surface area contributed by atoms with Crippen molar-refractivity contribution in [3.8, 4) is 0 Å².